The molecule has 0 amide bonds. The van der Waals surface area contributed by atoms with Gasteiger partial charge in [0.25, 0.3) is 0 Å². The summed E-state index contributed by atoms with van der Waals surface area (Å²) in [5.74, 6) is 1.50. The van der Waals surface area contributed by atoms with Crippen LogP contribution in [0, 0.1) is 5.92 Å². The van der Waals surface area contributed by atoms with Gasteiger partial charge in [0.15, 0.2) is 5.82 Å². The van der Waals surface area contributed by atoms with E-state index in [2.05, 4.69) is 77.4 Å². The number of methoxy groups -OCH3 is 1. The summed E-state index contributed by atoms with van der Waals surface area (Å²) in [6.07, 6.45) is 4.29. The van der Waals surface area contributed by atoms with Gasteiger partial charge in [-0.1, -0.05) is 43.3 Å². The van der Waals surface area contributed by atoms with E-state index in [0.717, 1.165) is 69.7 Å². The highest BCUT2D eigenvalue weighted by Crippen LogP contribution is 2.39. The number of rotatable bonds is 7. The number of hydrazone groups is 1. The fourth-order valence-electron chi connectivity index (χ4n) is 5.61. The van der Waals surface area contributed by atoms with Crippen molar-refractivity contribution in [1.29, 1.82) is 0 Å². The van der Waals surface area contributed by atoms with Crippen LogP contribution in [0.25, 0.3) is 6.08 Å². The van der Waals surface area contributed by atoms with Gasteiger partial charge in [0, 0.05) is 49.5 Å². The third-order valence-electron chi connectivity index (χ3n) is 7.91. The van der Waals surface area contributed by atoms with Crippen LogP contribution < -0.4 is 19.5 Å². The first kappa shape index (κ1) is 26.3. The van der Waals surface area contributed by atoms with Crippen LogP contribution in [-0.2, 0) is 9.47 Å². The molecule has 2 saturated heterocycles. The van der Waals surface area contributed by atoms with Gasteiger partial charge >= 0.3 is 0 Å². The molecular weight excluding hydrogens is 502 g/mol. The number of allylic oxidation sites excluding steroid dienone is 1. The number of morpholine rings is 2. The first-order chi connectivity index (χ1) is 19.7. The Morgan fingerprint density at radius 2 is 1.38 bits per heavy atom. The Morgan fingerprint density at radius 3 is 1.98 bits per heavy atom. The second-order valence-corrected chi connectivity index (χ2v) is 10.4. The van der Waals surface area contributed by atoms with E-state index in [1.807, 2.05) is 23.2 Å². The normalized spacial score (nSPS) is 21.6. The number of anilines is 3. The molecule has 2 aromatic carbocycles. The smallest absolute Gasteiger partial charge is 0.214 e. The predicted octanol–water partition coefficient (Wildman–Crippen LogP) is 5.03. The van der Waals surface area contributed by atoms with E-state index >= 15 is 0 Å². The van der Waals surface area contributed by atoms with E-state index in [-0.39, 0.29) is 12.0 Å². The SMILES string of the molecule is COc1cccc(N2N=C(C=Cc3ccc(N4CCOCC4)cc3)C(C)C2c2ccc(N3CCOCC3)cc2)n1. The minimum absolute atomic E-state index is 0.0155. The van der Waals surface area contributed by atoms with E-state index in [1.165, 1.54) is 16.9 Å². The molecule has 1 aromatic heterocycles. The molecule has 0 spiro atoms. The molecule has 2 unspecified atom stereocenters. The summed E-state index contributed by atoms with van der Waals surface area (Å²) in [5.41, 5.74) is 5.84. The fraction of sp³-hybridized carbons (Fsp3) is 0.375. The molecule has 2 atom stereocenters. The highest BCUT2D eigenvalue weighted by atomic mass is 16.5. The number of pyridine rings is 1. The third-order valence-corrected chi connectivity index (χ3v) is 7.91. The average Bonchev–Trinajstić information content (AvgIpc) is 3.37. The summed E-state index contributed by atoms with van der Waals surface area (Å²) in [6, 6.07) is 23.4. The van der Waals surface area contributed by atoms with Crippen LogP contribution >= 0.6 is 0 Å². The topological polar surface area (TPSA) is 62.7 Å². The molecular formula is C32H37N5O3. The molecule has 8 heteroatoms. The summed E-state index contributed by atoms with van der Waals surface area (Å²) < 4.78 is 16.4. The fourth-order valence-corrected chi connectivity index (χ4v) is 5.61. The van der Waals surface area contributed by atoms with Crippen molar-refractivity contribution in [1.82, 2.24) is 4.98 Å². The second-order valence-electron chi connectivity index (χ2n) is 10.4. The summed E-state index contributed by atoms with van der Waals surface area (Å²) in [7, 11) is 1.64. The van der Waals surface area contributed by atoms with Crippen LogP contribution in [0.3, 0.4) is 0 Å². The molecule has 4 heterocycles. The quantitative estimate of drug-likeness (QED) is 0.417. The lowest BCUT2D eigenvalue weighted by molar-refractivity contribution is 0.122. The van der Waals surface area contributed by atoms with Crippen LogP contribution in [0.1, 0.15) is 24.1 Å². The summed E-state index contributed by atoms with van der Waals surface area (Å²) >= 11 is 0. The third kappa shape index (κ3) is 5.69. The molecule has 0 saturated carbocycles. The van der Waals surface area contributed by atoms with Crippen molar-refractivity contribution in [3.05, 3.63) is 83.9 Å². The van der Waals surface area contributed by atoms with Gasteiger partial charge in [-0.2, -0.15) is 10.1 Å². The monoisotopic (exact) mass is 539 g/mol. The van der Waals surface area contributed by atoms with Crippen molar-refractivity contribution in [3.8, 4) is 5.88 Å². The largest absolute Gasteiger partial charge is 0.481 e. The Balaban J connectivity index is 1.25. The maximum absolute atomic E-state index is 5.53. The molecule has 2 fully saturated rings. The van der Waals surface area contributed by atoms with Gasteiger partial charge in [-0.05, 0) is 47.5 Å². The minimum atomic E-state index is 0.0155. The Morgan fingerprint density at radius 1 is 0.775 bits per heavy atom. The zero-order valence-electron chi connectivity index (χ0n) is 23.3. The maximum atomic E-state index is 5.53. The molecule has 8 nitrogen and oxygen atoms in total. The zero-order chi connectivity index (χ0) is 27.3. The number of ether oxygens (including phenoxy) is 3. The van der Waals surface area contributed by atoms with E-state index in [1.54, 1.807) is 7.11 Å². The van der Waals surface area contributed by atoms with Gasteiger partial charge in [-0.15, -0.1) is 0 Å². The molecule has 208 valence electrons. The molecule has 3 aliphatic heterocycles. The number of nitrogens with zero attached hydrogens (tertiary/aromatic N) is 5. The number of aromatic nitrogens is 1. The van der Waals surface area contributed by atoms with Crippen molar-refractivity contribution >= 4 is 29.0 Å². The molecule has 3 aliphatic rings. The number of hydrogen-bond donors (Lipinski definition) is 0. The van der Waals surface area contributed by atoms with Crippen LogP contribution in [0.4, 0.5) is 17.2 Å². The van der Waals surface area contributed by atoms with Crippen molar-refractivity contribution in [2.24, 2.45) is 11.0 Å². The summed E-state index contributed by atoms with van der Waals surface area (Å²) in [4.78, 5) is 9.46. The highest BCUT2D eigenvalue weighted by Gasteiger charge is 2.36. The van der Waals surface area contributed by atoms with Crippen molar-refractivity contribution < 1.29 is 14.2 Å². The Labute approximate surface area is 236 Å². The summed E-state index contributed by atoms with van der Waals surface area (Å²) in [5, 5.41) is 7.13. The number of hydrogen-bond acceptors (Lipinski definition) is 8. The van der Waals surface area contributed by atoms with Gasteiger partial charge in [0.1, 0.15) is 0 Å². The molecule has 0 aliphatic carbocycles. The lowest BCUT2D eigenvalue weighted by atomic mass is 9.91. The van der Waals surface area contributed by atoms with Gasteiger partial charge in [0.05, 0.1) is 45.3 Å². The Kier molecular flexibility index (Phi) is 7.97. The van der Waals surface area contributed by atoms with E-state index < -0.39 is 0 Å². The highest BCUT2D eigenvalue weighted by molar-refractivity contribution is 6.02. The van der Waals surface area contributed by atoms with Crippen molar-refractivity contribution in [2.45, 2.75) is 13.0 Å². The zero-order valence-corrected chi connectivity index (χ0v) is 23.3. The van der Waals surface area contributed by atoms with Crippen LogP contribution in [0.15, 0.2) is 77.9 Å². The lowest BCUT2D eigenvalue weighted by Gasteiger charge is -2.30. The van der Waals surface area contributed by atoms with Crippen LogP contribution in [-0.4, -0.2) is 70.4 Å². The Bertz CT molecular complexity index is 1330. The standard InChI is InChI=1S/C32H37N5O3/c1-24-29(15-8-25-6-11-27(12-7-25)35-16-20-39-21-17-35)34-37(30-4-3-5-31(33-30)38-2)32(24)26-9-13-28(14-10-26)36-18-22-40-23-19-36/h3-15,24,32H,16-23H2,1-2H3. The number of benzene rings is 2. The molecule has 6 rings (SSSR count). The first-order valence-corrected chi connectivity index (χ1v) is 14.1. The minimum Gasteiger partial charge on any atom is -0.481 e. The van der Waals surface area contributed by atoms with Crippen molar-refractivity contribution in [3.63, 3.8) is 0 Å². The average molecular weight is 540 g/mol. The molecule has 3 aromatic rings. The predicted molar refractivity (Wildman–Crippen MR) is 161 cm³/mol. The van der Waals surface area contributed by atoms with Crippen LogP contribution in [0.5, 0.6) is 5.88 Å². The van der Waals surface area contributed by atoms with Crippen LogP contribution in [0.2, 0.25) is 0 Å². The Hall–Kier alpha value is -3.88. The lowest BCUT2D eigenvalue weighted by Crippen LogP contribution is -2.36. The van der Waals surface area contributed by atoms with Gasteiger partial charge in [0.2, 0.25) is 5.88 Å². The molecule has 0 N–H and O–H groups in total. The molecule has 40 heavy (non-hydrogen) atoms. The van der Waals surface area contributed by atoms with E-state index in [4.69, 9.17) is 24.3 Å². The van der Waals surface area contributed by atoms with E-state index in [0.29, 0.717) is 5.88 Å². The first-order valence-electron chi connectivity index (χ1n) is 14.1. The van der Waals surface area contributed by atoms with Gasteiger partial charge in [-0.25, -0.2) is 5.01 Å². The van der Waals surface area contributed by atoms with Gasteiger partial charge in [-0.3, -0.25) is 0 Å². The molecule has 0 radical (unpaired) electrons. The van der Waals surface area contributed by atoms with Crippen molar-refractivity contribution in [2.75, 3.05) is 74.5 Å². The van der Waals surface area contributed by atoms with E-state index in [9.17, 15) is 0 Å². The van der Waals surface area contributed by atoms with Gasteiger partial charge < -0.3 is 24.0 Å². The second kappa shape index (κ2) is 12.1. The summed E-state index contributed by atoms with van der Waals surface area (Å²) in [6.45, 7) is 9.08. The maximum Gasteiger partial charge on any atom is 0.214 e. The molecule has 0 bridgehead atoms.